The highest BCUT2D eigenvalue weighted by Gasteiger charge is 2.24. The second kappa shape index (κ2) is 9.37. The summed E-state index contributed by atoms with van der Waals surface area (Å²) in [6.45, 7) is 1.45. The number of ether oxygens (including phenoxy) is 2. The van der Waals surface area contributed by atoms with Gasteiger partial charge >= 0.3 is 11.9 Å². The molecular formula is C20H20O5. The second-order valence-electron chi connectivity index (χ2n) is 5.46. The summed E-state index contributed by atoms with van der Waals surface area (Å²) in [7, 11) is 0. The molecule has 0 bridgehead atoms. The molecule has 2 aromatic rings. The third-order valence-electron chi connectivity index (χ3n) is 3.52. The van der Waals surface area contributed by atoms with Crippen LogP contribution in [0.25, 0.3) is 0 Å². The molecule has 25 heavy (non-hydrogen) atoms. The van der Waals surface area contributed by atoms with Gasteiger partial charge in [0.1, 0.15) is 0 Å². The number of hydrogen-bond donors (Lipinski definition) is 0. The van der Waals surface area contributed by atoms with Crippen molar-refractivity contribution in [2.24, 2.45) is 0 Å². The van der Waals surface area contributed by atoms with Crippen molar-refractivity contribution < 1.29 is 23.9 Å². The highest BCUT2D eigenvalue weighted by molar-refractivity contribution is 5.95. The molecule has 0 fully saturated rings. The first kappa shape index (κ1) is 18.4. The van der Waals surface area contributed by atoms with Crippen molar-refractivity contribution in [2.75, 3.05) is 6.61 Å². The van der Waals surface area contributed by atoms with Crippen LogP contribution in [0.15, 0.2) is 60.7 Å². The molecule has 0 unspecified atom stereocenters. The first-order valence-electron chi connectivity index (χ1n) is 8.12. The molecule has 0 amide bonds. The van der Waals surface area contributed by atoms with E-state index in [1.807, 2.05) is 6.92 Å². The van der Waals surface area contributed by atoms with E-state index in [-0.39, 0.29) is 0 Å². The number of rotatable bonds is 8. The Bertz CT molecular complexity index is 709. The summed E-state index contributed by atoms with van der Waals surface area (Å²) < 4.78 is 10.3. The van der Waals surface area contributed by atoms with Crippen molar-refractivity contribution in [3.05, 3.63) is 71.8 Å². The third-order valence-corrected chi connectivity index (χ3v) is 3.52. The van der Waals surface area contributed by atoms with Crippen LogP contribution in [0.2, 0.25) is 0 Å². The lowest BCUT2D eigenvalue weighted by Crippen LogP contribution is -2.31. The zero-order valence-corrected chi connectivity index (χ0v) is 14.0. The van der Waals surface area contributed by atoms with E-state index in [4.69, 9.17) is 9.47 Å². The molecular weight excluding hydrogens is 320 g/mol. The second-order valence-corrected chi connectivity index (χ2v) is 5.46. The number of Topliss-reactive ketones (excluding diaryl/α,β-unsaturated/α-hetero) is 1. The molecule has 5 heteroatoms. The van der Waals surface area contributed by atoms with Crippen LogP contribution in [0.3, 0.4) is 0 Å². The molecule has 2 rings (SSSR count). The summed E-state index contributed by atoms with van der Waals surface area (Å²) in [6.07, 6.45) is 0.104. The van der Waals surface area contributed by atoms with Crippen molar-refractivity contribution >= 4 is 17.7 Å². The van der Waals surface area contributed by atoms with Crippen LogP contribution in [-0.4, -0.2) is 30.4 Å². The Morgan fingerprint density at radius 2 is 1.36 bits per heavy atom. The maximum absolute atomic E-state index is 12.3. The summed E-state index contributed by atoms with van der Waals surface area (Å²) in [4.78, 5) is 36.3. The van der Waals surface area contributed by atoms with E-state index in [0.29, 0.717) is 24.0 Å². The Kier molecular flexibility index (Phi) is 6.89. The van der Waals surface area contributed by atoms with E-state index in [1.54, 1.807) is 60.7 Å². The fourth-order valence-corrected chi connectivity index (χ4v) is 2.21. The molecule has 0 heterocycles. The first-order chi connectivity index (χ1) is 12.1. The number of carbonyl (C=O) groups is 3. The predicted molar refractivity (Wildman–Crippen MR) is 92.3 cm³/mol. The van der Waals surface area contributed by atoms with Gasteiger partial charge in [0.05, 0.1) is 11.1 Å². The predicted octanol–water partition coefficient (Wildman–Crippen LogP) is 3.44. The summed E-state index contributed by atoms with van der Waals surface area (Å²) in [6, 6.07) is 16.9. The van der Waals surface area contributed by atoms with Gasteiger partial charge < -0.3 is 9.47 Å². The molecule has 0 N–H and O–H groups in total. The van der Waals surface area contributed by atoms with Crippen LogP contribution >= 0.6 is 0 Å². The molecule has 0 aliphatic heterocycles. The van der Waals surface area contributed by atoms with Gasteiger partial charge in [-0.2, -0.15) is 0 Å². The lowest BCUT2D eigenvalue weighted by molar-refractivity contribution is -0.131. The minimum Gasteiger partial charge on any atom is -0.454 e. The minimum absolute atomic E-state index is 0.364. The standard InChI is InChI=1S/C20H20O5/c1-2-9-18(25-20(23)16-12-7-4-8-13-16)17(21)14-24-19(22)15-10-5-3-6-11-15/h3-8,10-13,18H,2,9,14H2,1H3/t18-/m0/s1. The lowest BCUT2D eigenvalue weighted by Gasteiger charge is -2.16. The van der Waals surface area contributed by atoms with Crippen molar-refractivity contribution in [1.29, 1.82) is 0 Å². The van der Waals surface area contributed by atoms with E-state index < -0.39 is 30.4 Å². The van der Waals surface area contributed by atoms with Crippen molar-refractivity contribution in [3.63, 3.8) is 0 Å². The molecule has 0 saturated heterocycles. The van der Waals surface area contributed by atoms with Gasteiger partial charge in [0.2, 0.25) is 5.78 Å². The Morgan fingerprint density at radius 3 is 1.88 bits per heavy atom. The number of esters is 2. The molecule has 1 atom stereocenters. The molecule has 2 aromatic carbocycles. The van der Waals surface area contributed by atoms with Crippen LogP contribution in [0.4, 0.5) is 0 Å². The van der Waals surface area contributed by atoms with Gasteiger partial charge in [-0.15, -0.1) is 0 Å². The van der Waals surface area contributed by atoms with E-state index in [9.17, 15) is 14.4 Å². The maximum atomic E-state index is 12.3. The molecule has 0 saturated carbocycles. The van der Waals surface area contributed by atoms with Gasteiger partial charge in [-0.1, -0.05) is 49.7 Å². The fraction of sp³-hybridized carbons (Fsp3) is 0.250. The van der Waals surface area contributed by atoms with Crippen LogP contribution in [-0.2, 0) is 14.3 Å². The molecule has 5 nitrogen and oxygen atoms in total. The summed E-state index contributed by atoms with van der Waals surface area (Å²) in [5.74, 6) is -1.59. The zero-order chi connectivity index (χ0) is 18.1. The highest BCUT2D eigenvalue weighted by Crippen LogP contribution is 2.10. The Balaban J connectivity index is 1.93. The largest absolute Gasteiger partial charge is 0.454 e. The zero-order valence-electron chi connectivity index (χ0n) is 14.0. The van der Waals surface area contributed by atoms with Gasteiger partial charge in [-0.3, -0.25) is 4.79 Å². The summed E-state index contributed by atoms with van der Waals surface area (Å²) >= 11 is 0. The normalized spacial score (nSPS) is 11.4. The Hall–Kier alpha value is -2.95. The van der Waals surface area contributed by atoms with E-state index in [1.165, 1.54) is 0 Å². The van der Waals surface area contributed by atoms with Gasteiger partial charge in [-0.05, 0) is 30.7 Å². The quantitative estimate of drug-likeness (QED) is 0.689. The molecule has 0 aliphatic rings. The number of ketones is 1. The van der Waals surface area contributed by atoms with Gasteiger partial charge in [0.15, 0.2) is 12.7 Å². The molecule has 130 valence electrons. The molecule has 0 aromatic heterocycles. The van der Waals surface area contributed by atoms with E-state index in [0.717, 1.165) is 0 Å². The monoisotopic (exact) mass is 340 g/mol. The third kappa shape index (κ3) is 5.57. The van der Waals surface area contributed by atoms with Crippen molar-refractivity contribution in [1.82, 2.24) is 0 Å². The van der Waals surface area contributed by atoms with E-state index >= 15 is 0 Å². The van der Waals surface area contributed by atoms with Crippen molar-refractivity contribution in [2.45, 2.75) is 25.9 Å². The number of carbonyl (C=O) groups excluding carboxylic acids is 3. The molecule has 0 radical (unpaired) electrons. The average molecular weight is 340 g/mol. The lowest BCUT2D eigenvalue weighted by atomic mass is 10.1. The van der Waals surface area contributed by atoms with Crippen molar-refractivity contribution in [3.8, 4) is 0 Å². The smallest absolute Gasteiger partial charge is 0.338 e. The maximum Gasteiger partial charge on any atom is 0.338 e. The van der Waals surface area contributed by atoms with Crippen LogP contribution in [0, 0.1) is 0 Å². The topological polar surface area (TPSA) is 69.7 Å². The van der Waals surface area contributed by atoms with E-state index in [2.05, 4.69) is 0 Å². The summed E-state index contributed by atoms with van der Waals surface area (Å²) in [5, 5.41) is 0. The average Bonchev–Trinajstić information content (AvgIpc) is 2.66. The van der Waals surface area contributed by atoms with Crippen LogP contribution in [0.5, 0.6) is 0 Å². The summed E-state index contributed by atoms with van der Waals surface area (Å²) in [5.41, 5.74) is 0.737. The van der Waals surface area contributed by atoms with Crippen LogP contribution in [0.1, 0.15) is 40.5 Å². The first-order valence-corrected chi connectivity index (χ1v) is 8.12. The molecule has 0 spiro atoms. The van der Waals surface area contributed by atoms with Gasteiger partial charge in [-0.25, -0.2) is 9.59 Å². The van der Waals surface area contributed by atoms with Gasteiger partial charge in [0, 0.05) is 0 Å². The molecule has 0 aliphatic carbocycles. The van der Waals surface area contributed by atoms with Crippen LogP contribution < -0.4 is 0 Å². The Morgan fingerprint density at radius 1 is 0.840 bits per heavy atom. The SMILES string of the molecule is CCC[C@H](OC(=O)c1ccccc1)C(=O)COC(=O)c1ccccc1. The number of hydrogen-bond acceptors (Lipinski definition) is 5. The highest BCUT2D eigenvalue weighted by atomic mass is 16.6. The fourth-order valence-electron chi connectivity index (χ4n) is 2.21. The Labute approximate surface area is 146 Å². The minimum atomic E-state index is -0.929. The van der Waals surface area contributed by atoms with Gasteiger partial charge in [0.25, 0.3) is 0 Å². The number of benzene rings is 2.